The van der Waals surface area contributed by atoms with Crippen LogP contribution < -0.4 is 5.32 Å². The van der Waals surface area contributed by atoms with Crippen molar-refractivity contribution in [1.29, 1.82) is 0 Å². The molecule has 5 heteroatoms. The van der Waals surface area contributed by atoms with E-state index >= 15 is 0 Å². The van der Waals surface area contributed by atoms with Gasteiger partial charge in [-0.25, -0.2) is 0 Å². The zero-order chi connectivity index (χ0) is 15.0. The average molecular weight is 278 g/mol. The Morgan fingerprint density at radius 1 is 1.25 bits per heavy atom. The molecule has 0 spiro atoms. The summed E-state index contributed by atoms with van der Waals surface area (Å²) in [7, 11) is 0. The monoisotopic (exact) mass is 278 g/mol. The number of amides is 2. The number of carbonyl (C=O) groups excluding carboxylic acids is 2. The summed E-state index contributed by atoms with van der Waals surface area (Å²) in [5.74, 6) is -0.414. The summed E-state index contributed by atoms with van der Waals surface area (Å²) in [6.45, 7) is 3.73. The van der Waals surface area contributed by atoms with Crippen molar-refractivity contribution in [2.24, 2.45) is 0 Å². The van der Waals surface area contributed by atoms with Crippen molar-refractivity contribution in [3.8, 4) is 0 Å². The Labute approximate surface area is 119 Å². The minimum atomic E-state index is -0.574. The maximum atomic E-state index is 12.2. The second-order valence-electron chi connectivity index (χ2n) is 4.71. The van der Waals surface area contributed by atoms with Gasteiger partial charge in [0.15, 0.2) is 0 Å². The molecule has 0 aliphatic carbocycles. The normalized spacial score (nSPS) is 11.8. The van der Waals surface area contributed by atoms with E-state index < -0.39 is 6.04 Å². The molecule has 2 N–H and O–H groups in total. The molecular formula is C15H22N2O3. The van der Waals surface area contributed by atoms with E-state index in [-0.39, 0.29) is 25.0 Å². The first kappa shape index (κ1) is 16.2. The van der Waals surface area contributed by atoms with Crippen molar-refractivity contribution < 1.29 is 14.7 Å². The van der Waals surface area contributed by atoms with Crippen LogP contribution in [0.2, 0.25) is 0 Å². The molecule has 20 heavy (non-hydrogen) atoms. The molecule has 0 saturated heterocycles. The maximum absolute atomic E-state index is 12.2. The molecule has 0 aromatic heterocycles. The van der Waals surface area contributed by atoms with Gasteiger partial charge in [0.05, 0.1) is 6.61 Å². The number of nitrogens with one attached hydrogen (secondary N) is 1. The summed E-state index contributed by atoms with van der Waals surface area (Å²) in [5.41, 5.74) is 1.13. The molecule has 0 heterocycles. The Morgan fingerprint density at radius 3 is 2.45 bits per heavy atom. The van der Waals surface area contributed by atoms with Crippen LogP contribution in [0.1, 0.15) is 19.4 Å². The van der Waals surface area contributed by atoms with Gasteiger partial charge >= 0.3 is 0 Å². The van der Waals surface area contributed by atoms with Gasteiger partial charge in [0.1, 0.15) is 6.04 Å². The lowest BCUT2D eigenvalue weighted by Crippen LogP contribution is -2.47. The highest BCUT2D eigenvalue weighted by molar-refractivity contribution is 5.86. The van der Waals surface area contributed by atoms with Crippen LogP contribution in [0.25, 0.3) is 0 Å². The zero-order valence-electron chi connectivity index (χ0n) is 12.0. The number of carbonyl (C=O) groups is 2. The first-order valence-electron chi connectivity index (χ1n) is 6.75. The van der Waals surface area contributed by atoms with Gasteiger partial charge in [-0.3, -0.25) is 9.59 Å². The number of nitrogens with zero attached hydrogens (tertiary/aromatic N) is 1. The highest BCUT2D eigenvalue weighted by Crippen LogP contribution is 2.03. The van der Waals surface area contributed by atoms with E-state index in [2.05, 4.69) is 5.32 Å². The van der Waals surface area contributed by atoms with Crippen LogP contribution in [0, 0.1) is 0 Å². The van der Waals surface area contributed by atoms with Gasteiger partial charge in [-0.05, 0) is 18.9 Å². The molecule has 0 aliphatic rings. The molecule has 0 radical (unpaired) electrons. The Bertz CT molecular complexity index is 434. The van der Waals surface area contributed by atoms with Gasteiger partial charge in [-0.15, -0.1) is 0 Å². The first-order valence-corrected chi connectivity index (χ1v) is 6.75. The van der Waals surface area contributed by atoms with Crippen LogP contribution in [0.5, 0.6) is 0 Å². The van der Waals surface area contributed by atoms with E-state index in [1.807, 2.05) is 30.3 Å². The quantitative estimate of drug-likeness (QED) is 0.766. The lowest BCUT2D eigenvalue weighted by atomic mass is 10.1. The third kappa shape index (κ3) is 5.40. The smallest absolute Gasteiger partial charge is 0.244 e. The molecular weight excluding hydrogens is 256 g/mol. The highest BCUT2D eigenvalue weighted by atomic mass is 16.3. The number of hydrogen-bond acceptors (Lipinski definition) is 3. The Hall–Kier alpha value is -1.88. The van der Waals surface area contributed by atoms with Crippen LogP contribution in [0.4, 0.5) is 0 Å². The van der Waals surface area contributed by atoms with Gasteiger partial charge in [0.25, 0.3) is 0 Å². The standard InChI is InChI=1S/C15H22N2O3/c1-12(16-13(2)19)15(20)17(10-11-18)9-8-14-6-4-3-5-7-14/h3-7,12,18H,8-11H2,1-2H3,(H,16,19). The fourth-order valence-corrected chi connectivity index (χ4v) is 2.00. The van der Waals surface area contributed by atoms with Crippen molar-refractivity contribution >= 4 is 11.8 Å². The van der Waals surface area contributed by atoms with Crippen LogP contribution in [0.3, 0.4) is 0 Å². The van der Waals surface area contributed by atoms with Crippen molar-refractivity contribution in [1.82, 2.24) is 10.2 Å². The molecule has 0 bridgehead atoms. The Balaban J connectivity index is 2.59. The molecule has 110 valence electrons. The number of aliphatic hydroxyl groups excluding tert-OH is 1. The second-order valence-corrected chi connectivity index (χ2v) is 4.71. The highest BCUT2D eigenvalue weighted by Gasteiger charge is 2.20. The number of rotatable bonds is 7. The summed E-state index contributed by atoms with van der Waals surface area (Å²) in [6.07, 6.45) is 0.722. The Morgan fingerprint density at radius 2 is 1.90 bits per heavy atom. The fourth-order valence-electron chi connectivity index (χ4n) is 2.00. The maximum Gasteiger partial charge on any atom is 0.244 e. The van der Waals surface area contributed by atoms with Crippen LogP contribution in [0.15, 0.2) is 30.3 Å². The summed E-state index contributed by atoms with van der Waals surface area (Å²) in [6, 6.07) is 9.27. The molecule has 0 aliphatic heterocycles. The molecule has 1 aromatic carbocycles. The number of hydrogen-bond donors (Lipinski definition) is 2. The molecule has 5 nitrogen and oxygen atoms in total. The van der Waals surface area contributed by atoms with Gasteiger partial charge in [-0.1, -0.05) is 30.3 Å². The molecule has 2 amide bonds. The lowest BCUT2D eigenvalue weighted by molar-refractivity contribution is -0.136. The van der Waals surface area contributed by atoms with Crippen molar-refractivity contribution in [2.75, 3.05) is 19.7 Å². The topological polar surface area (TPSA) is 69.6 Å². The average Bonchev–Trinajstić information content (AvgIpc) is 2.43. The molecule has 1 aromatic rings. The minimum Gasteiger partial charge on any atom is -0.395 e. The Kier molecular flexibility index (Phi) is 6.73. The van der Waals surface area contributed by atoms with Gasteiger partial charge < -0.3 is 15.3 Å². The van der Waals surface area contributed by atoms with E-state index in [9.17, 15) is 9.59 Å². The van der Waals surface area contributed by atoms with E-state index in [1.54, 1.807) is 11.8 Å². The van der Waals surface area contributed by atoms with E-state index in [0.717, 1.165) is 12.0 Å². The molecule has 1 unspecified atom stereocenters. The molecule has 1 rings (SSSR count). The largest absolute Gasteiger partial charge is 0.395 e. The summed E-state index contributed by atoms with van der Waals surface area (Å²) >= 11 is 0. The fraction of sp³-hybridized carbons (Fsp3) is 0.467. The molecule has 0 fully saturated rings. The predicted molar refractivity (Wildman–Crippen MR) is 77.1 cm³/mol. The molecule has 0 saturated carbocycles. The zero-order valence-corrected chi connectivity index (χ0v) is 12.0. The van der Waals surface area contributed by atoms with E-state index in [0.29, 0.717) is 6.54 Å². The predicted octanol–water partition coefficient (Wildman–Crippen LogP) is 0.575. The van der Waals surface area contributed by atoms with Crippen molar-refractivity contribution in [3.05, 3.63) is 35.9 Å². The van der Waals surface area contributed by atoms with Gasteiger partial charge in [-0.2, -0.15) is 0 Å². The van der Waals surface area contributed by atoms with E-state index in [4.69, 9.17) is 5.11 Å². The second kappa shape index (κ2) is 8.32. The van der Waals surface area contributed by atoms with Crippen LogP contribution in [-0.2, 0) is 16.0 Å². The van der Waals surface area contributed by atoms with Gasteiger partial charge in [0.2, 0.25) is 11.8 Å². The van der Waals surface area contributed by atoms with Gasteiger partial charge in [0, 0.05) is 20.0 Å². The van der Waals surface area contributed by atoms with Crippen LogP contribution in [-0.4, -0.2) is 47.6 Å². The summed E-state index contributed by atoms with van der Waals surface area (Å²) in [5, 5.41) is 11.6. The number of benzene rings is 1. The summed E-state index contributed by atoms with van der Waals surface area (Å²) in [4.78, 5) is 24.8. The lowest BCUT2D eigenvalue weighted by Gasteiger charge is -2.25. The SMILES string of the molecule is CC(=O)NC(C)C(=O)N(CCO)CCc1ccccc1. The van der Waals surface area contributed by atoms with Crippen molar-refractivity contribution in [3.63, 3.8) is 0 Å². The first-order chi connectivity index (χ1) is 9.54. The number of aliphatic hydroxyl groups is 1. The van der Waals surface area contributed by atoms with Crippen molar-refractivity contribution in [2.45, 2.75) is 26.3 Å². The van der Waals surface area contributed by atoms with E-state index in [1.165, 1.54) is 6.92 Å². The third-order valence-electron chi connectivity index (χ3n) is 2.99. The molecule has 1 atom stereocenters. The summed E-state index contributed by atoms with van der Waals surface area (Å²) < 4.78 is 0. The minimum absolute atomic E-state index is 0.0900. The third-order valence-corrected chi connectivity index (χ3v) is 2.99. The van der Waals surface area contributed by atoms with Crippen LogP contribution >= 0.6 is 0 Å².